The maximum absolute atomic E-state index is 12.7. The van der Waals surface area contributed by atoms with Crippen LogP contribution in [0.1, 0.15) is 26.3 Å². The van der Waals surface area contributed by atoms with E-state index >= 15 is 0 Å². The highest BCUT2D eigenvalue weighted by Crippen LogP contribution is 2.30. The molecule has 0 aliphatic carbocycles. The molecular weight excluding hydrogens is 256 g/mol. The molecule has 0 fully saturated rings. The minimum atomic E-state index is -1.22. The van der Waals surface area contributed by atoms with Gasteiger partial charge in [0.05, 0.1) is 0 Å². The van der Waals surface area contributed by atoms with Crippen LogP contribution in [0, 0.1) is 0 Å². The third kappa shape index (κ3) is 2.24. The third-order valence-corrected chi connectivity index (χ3v) is 3.86. The maximum Gasteiger partial charge on any atom is 0.329 e. The van der Waals surface area contributed by atoms with Crippen LogP contribution >= 0.6 is 0 Å². The molecule has 0 bridgehead atoms. The molecule has 1 aliphatic heterocycles. The van der Waals surface area contributed by atoms with Gasteiger partial charge in [0.1, 0.15) is 5.54 Å². The van der Waals surface area contributed by atoms with E-state index in [9.17, 15) is 14.7 Å². The first-order chi connectivity index (χ1) is 9.39. The van der Waals surface area contributed by atoms with Gasteiger partial charge >= 0.3 is 12.0 Å². The summed E-state index contributed by atoms with van der Waals surface area (Å²) < 4.78 is 0. The van der Waals surface area contributed by atoms with Gasteiger partial charge < -0.3 is 10.0 Å². The lowest BCUT2D eigenvalue weighted by Crippen LogP contribution is -2.56. The van der Waals surface area contributed by atoms with Crippen LogP contribution in [-0.2, 0) is 11.2 Å². The van der Waals surface area contributed by atoms with E-state index in [0.717, 1.165) is 17.7 Å². The van der Waals surface area contributed by atoms with Gasteiger partial charge in [-0.15, -0.1) is 0 Å². The second-order valence-corrected chi connectivity index (χ2v) is 5.42. The number of carbonyl (C=O) groups excluding carboxylic acids is 1. The molecule has 1 aliphatic rings. The van der Waals surface area contributed by atoms with Crippen LogP contribution in [0.5, 0.6) is 0 Å². The quantitative estimate of drug-likeness (QED) is 0.922. The number of urea groups is 1. The predicted molar refractivity (Wildman–Crippen MR) is 77.0 cm³/mol. The van der Waals surface area contributed by atoms with Crippen molar-refractivity contribution in [3.8, 4) is 0 Å². The summed E-state index contributed by atoms with van der Waals surface area (Å²) in [5, 5.41) is 9.32. The van der Waals surface area contributed by atoms with Crippen molar-refractivity contribution in [1.29, 1.82) is 0 Å². The van der Waals surface area contributed by atoms with Crippen LogP contribution in [0.2, 0.25) is 0 Å². The Morgan fingerprint density at radius 3 is 2.60 bits per heavy atom. The van der Waals surface area contributed by atoms with Crippen LogP contribution in [0.15, 0.2) is 24.3 Å². The van der Waals surface area contributed by atoms with E-state index in [-0.39, 0.29) is 6.03 Å². The maximum atomic E-state index is 12.7. The lowest BCUT2D eigenvalue weighted by Gasteiger charge is -2.37. The van der Waals surface area contributed by atoms with Gasteiger partial charge in [-0.1, -0.05) is 18.2 Å². The van der Waals surface area contributed by atoms with E-state index in [1.165, 1.54) is 4.90 Å². The van der Waals surface area contributed by atoms with Crippen molar-refractivity contribution in [2.45, 2.75) is 32.7 Å². The van der Waals surface area contributed by atoms with E-state index in [2.05, 4.69) is 0 Å². The Morgan fingerprint density at radius 1 is 1.35 bits per heavy atom. The minimum absolute atomic E-state index is 0.246. The number of likely N-dealkylation sites (N-methyl/N-ethyl adjacent to an activating group) is 1. The molecule has 0 atom stereocenters. The summed E-state index contributed by atoms with van der Waals surface area (Å²) in [6.07, 6.45) is 0.812. The number of carboxylic acid groups (broad SMARTS) is 1. The number of benzene rings is 1. The average molecular weight is 276 g/mol. The third-order valence-electron chi connectivity index (χ3n) is 3.86. The number of para-hydroxylation sites is 1. The van der Waals surface area contributed by atoms with E-state index < -0.39 is 11.5 Å². The van der Waals surface area contributed by atoms with Crippen molar-refractivity contribution in [1.82, 2.24) is 4.90 Å². The van der Waals surface area contributed by atoms with Crippen LogP contribution in [0.3, 0.4) is 0 Å². The van der Waals surface area contributed by atoms with E-state index in [1.54, 1.807) is 25.7 Å². The number of amides is 2. The molecule has 5 heteroatoms. The summed E-state index contributed by atoms with van der Waals surface area (Å²) >= 11 is 0. The summed E-state index contributed by atoms with van der Waals surface area (Å²) in [6.45, 7) is 5.86. The molecule has 0 aromatic heterocycles. The van der Waals surface area contributed by atoms with Gasteiger partial charge in [-0.3, -0.25) is 4.90 Å². The van der Waals surface area contributed by atoms with Gasteiger partial charge in [0.25, 0.3) is 0 Å². The molecule has 5 nitrogen and oxygen atoms in total. The lowest BCUT2D eigenvalue weighted by molar-refractivity contribution is -0.147. The SMILES string of the molecule is CCN(C(=O)N1CCc2ccccc21)C(C)(C)C(=O)O. The van der Waals surface area contributed by atoms with Gasteiger partial charge in [0, 0.05) is 18.8 Å². The Morgan fingerprint density at radius 2 is 2.00 bits per heavy atom. The summed E-state index contributed by atoms with van der Waals surface area (Å²) in [5.74, 6) is -1.000. The number of carbonyl (C=O) groups is 2. The zero-order chi connectivity index (χ0) is 14.9. The number of rotatable bonds is 3. The Labute approximate surface area is 118 Å². The van der Waals surface area contributed by atoms with Gasteiger partial charge in [-0.05, 0) is 38.8 Å². The van der Waals surface area contributed by atoms with Crippen LogP contribution in [-0.4, -0.2) is 40.6 Å². The predicted octanol–water partition coefficient (Wildman–Crippen LogP) is 2.35. The zero-order valence-electron chi connectivity index (χ0n) is 12.1. The Kier molecular flexibility index (Phi) is 3.70. The highest BCUT2D eigenvalue weighted by Gasteiger charge is 2.40. The Bertz CT molecular complexity index is 540. The van der Waals surface area contributed by atoms with Crippen molar-refractivity contribution in [3.05, 3.63) is 29.8 Å². The normalized spacial score (nSPS) is 14.1. The molecule has 1 aromatic rings. The van der Waals surface area contributed by atoms with E-state index in [0.29, 0.717) is 13.1 Å². The zero-order valence-corrected chi connectivity index (χ0v) is 12.1. The Balaban J connectivity index is 2.30. The molecule has 1 N–H and O–H groups in total. The highest BCUT2D eigenvalue weighted by molar-refractivity contribution is 5.97. The average Bonchev–Trinajstić information content (AvgIpc) is 2.82. The molecule has 1 heterocycles. The van der Waals surface area contributed by atoms with Crippen molar-refractivity contribution in [2.75, 3.05) is 18.0 Å². The fourth-order valence-electron chi connectivity index (χ4n) is 2.57. The van der Waals surface area contributed by atoms with Crippen molar-refractivity contribution >= 4 is 17.7 Å². The molecule has 2 amide bonds. The number of aliphatic carboxylic acids is 1. The first-order valence-corrected chi connectivity index (χ1v) is 6.80. The van der Waals surface area contributed by atoms with E-state index in [1.807, 2.05) is 24.3 Å². The van der Waals surface area contributed by atoms with E-state index in [4.69, 9.17) is 0 Å². The molecule has 20 heavy (non-hydrogen) atoms. The molecule has 1 aromatic carbocycles. The number of anilines is 1. The second kappa shape index (κ2) is 5.15. The van der Waals surface area contributed by atoms with Crippen LogP contribution < -0.4 is 4.90 Å². The first-order valence-electron chi connectivity index (χ1n) is 6.80. The van der Waals surface area contributed by atoms with Crippen LogP contribution in [0.4, 0.5) is 10.5 Å². The number of hydrogen-bond acceptors (Lipinski definition) is 2. The number of carboxylic acids is 1. The van der Waals surface area contributed by atoms with Crippen LogP contribution in [0.25, 0.3) is 0 Å². The fraction of sp³-hybridized carbons (Fsp3) is 0.467. The second-order valence-electron chi connectivity index (χ2n) is 5.42. The highest BCUT2D eigenvalue weighted by atomic mass is 16.4. The van der Waals surface area contributed by atoms with Gasteiger partial charge in [0.2, 0.25) is 0 Å². The van der Waals surface area contributed by atoms with Gasteiger partial charge in [-0.25, -0.2) is 9.59 Å². The smallest absolute Gasteiger partial charge is 0.329 e. The standard InChI is InChI=1S/C15H20N2O3/c1-4-17(15(2,3)13(18)19)14(20)16-10-9-11-7-5-6-8-12(11)16/h5-8H,4,9-10H2,1-3H3,(H,18,19). The first kappa shape index (κ1) is 14.4. The lowest BCUT2D eigenvalue weighted by atomic mass is 10.0. The molecule has 0 saturated heterocycles. The molecule has 0 saturated carbocycles. The molecule has 0 spiro atoms. The molecule has 2 rings (SSSR count). The monoisotopic (exact) mass is 276 g/mol. The summed E-state index contributed by atoms with van der Waals surface area (Å²) in [7, 11) is 0. The largest absolute Gasteiger partial charge is 0.480 e. The number of fused-ring (bicyclic) bond motifs is 1. The fourth-order valence-corrected chi connectivity index (χ4v) is 2.57. The van der Waals surface area contributed by atoms with Gasteiger partial charge in [-0.2, -0.15) is 0 Å². The molecular formula is C15H20N2O3. The number of nitrogens with zero attached hydrogens (tertiary/aromatic N) is 2. The molecule has 0 unspecified atom stereocenters. The molecule has 108 valence electrons. The van der Waals surface area contributed by atoms with Crippen molar-refractivity contribution < 1.29 is 14.7 Å². The summed E-state index contributed by atoms with van der Waals surface area (Å²) in [6, 6.07) is 7.50. The Hall–Kier alpha value is -2.04. The summed E-state index contributed by atoms with van der Waals surface area (Å²) in [4.78, 5) is 27.1. The van der Waals surface area contributed by atoms with Gasteiger partial charge in [0.15, 0.2) is 0 Å². The topological polar surface area (TPSA) is 60.9 Å². The summed E-state index contributed by atoms with van der Waals surface area (Å²) in [5.41, 5.74) is 0.797. The minimum Gasteiger partial charge on any atom is -0.480 e. The number of hydrogen-bond donors (Lipinski definition) is 1. The van der Waals surface area contributed by atoms with Crippen molar-refractivity contribution in [2.24, 2.45) is 0 Å². The van der Waals surface area contributed by atoms with Crippen molar-refractivity contribution in [3.63, 3.8) is 0 Å². The molecule has 0 radical (unpaired) electrons.